The molecule has 0 atom stereocenters. The van der Waals surface area contributed by atoms with Crippen molar-refractivity contribution in [3.63, 3.8) is 0 Å². The van der Waals surface area contributed by atoms with Crippen molar-refractivity contribution in [2.45, 2.75) is 0 Å². The highest BCUT2D eigenvalue weighted by Gasteiger charge is 1.97. The minimum Gasteiger partial charge on any atom is -0.367 e. The van der Waals surface area contributed by atoms with Gasteiger partial charge >= 0.3 is 0 Å². The molecule has 0 bridgehead atoms. The Morgan fingerprint density at radius 3 is 1.03 bits per heavy atom. The Morgan fingerprint density at radius 2 is 0.667 bits per heavy atom. The van der Waals surface area contributed by atoms with E-state index in [9.17, 15) is 0 Å². The zero-order valence-corrected chi connectivity index (χ0v) is 32.9. The van der Waals surface area contributed by atoms with E-state index in [0.717, 1.165) is 11.5 Å². The summed E-state index contributed by atoms with van der Waals surface area (Å²) in [4.78, 5) is 24.2. The van der Waals surface area contributed by atoms with Gasteiger partial charge in [-0.15, -0.1) is 0 Å². The number of hydrogen-bond acceptors (Lipinski definition) is 0. The van der Waals surface area contributed by atoms with Crippen LogP contribution < -0.4 is 0 Å². The molecule has 60 heavy (non-hydrogen) atoms. The van der Waals surface area contributed by atoms with Gasteiger partial charge in [-0.05, 0) is 109 Å². The van der Waals surface area contributed by atoms with Gasteiger partial charge in [-0.2, -0.15) is 0 Å². The molecule has 12 aromatic rings. The van der Waals surface area contributed by atoms with Crippen LogP contribution in [0.1, 0.15) is 0 Å². The Bertz CT molecular complexity index is 1980. The molecule has 0 saturated carbocycles. The maximum Gasteiger partial charge on any atom is 0.113 e. The highest BCUT2D eigenvalue weighted by Crippen LogP contribution is 2.17. The highest BCUT2D eigenvalue weighted by molar-refractivity contribution is 5.62. The molecule has 0 saturated heterocycles. The fraction of sp³-hybridized carbons (Fsp3) is 0. The van der Waals surface area contributed by atoms with E-state index < -0.39 is 0 Å². The molecule has 12 heterocycles. The Kier molecular flexibility index (Phi) is 14.3. The summed E-state index contributed by atoms with van der Waals surface area (Å²) in [5.41, 5.74) is 8.42. The number of nitrogens with zero attached hydrogens (tertiary/aromatic N) is 4. The van der Waals surface area contributed by atoms with Gasteiger partial charge in [-0.25, -0.2) is 0 Å². The molecule has 0 fully saturated rings. The average Bonchev–Trinajstić information content (AvgIpc) is 4.13. The van der Waals surface area contributed by atoms with Crippen LogP contribution in [0, 0.1) is 0 Å². The minimum atomic E-state index is 1.10. The lowest BCUT2D eigenvalue weighted by atomic mass is 10.2. The summed E-state index contributed by atoms with van der Waals surface area (Å²) in [6.07, 6.45) is 43.2. The highest BCUT2D eigenvalue weighted by atomic mass is 15.4. The van der Waals surface area contributed by atoms with E-state index in [0.29, 0.717) is 0 Å². The number of aromatic amines is 8. The summed E-state index contributed by atoms with van der Waals surface area (Å²) >= 11 is 0. The summed E-state index contributed by atoms with van der Waals surface area (Å²) in [7, 11) is 0. The van der Waals surface area contributed by atoms with E-state index >= 15 is 0 Å². The van der Waals surface area contributed by atoms with Crippen LogP contribution in [0.4, 0.5) is 0 Å². The molecule has 0 radical (unpaired) electrons. The molecule has 0 aromatic carbocycles. The number of hydrogen-bond donors (Lipinski definition) is 8. The first-order chi connectivity index (χ1) is 29.8. The fourth-order valence-corrected chi connectivity index (χ4v) is 5.93. The van der Waals surface area contributed by atoms with Crippen molar-refractivity contribution in [2.24, 2.45) is 0 Å². The average molecular weight is 793 g/mol. The largest absolute Gasteiger partial charge is 0.367 e. The first kappa shape index (κ1) is 39.6. The van der Waals surface area contributed by atoms with Crippen LogP contribution in [0.3, 0.4) is 0 Å². The Hall–Kier alpha value is -8.64. The van der Waals surface area contributed by atoms with Gasteiger partial charge in [-0.1, -0.05) is 0 Å². The lowest BCUT2D eigenvalue weighted by Crippen LogP contribution is -2.01. The van der Waals surface area contributed by atoms with Crippen molar-refractivity contribution >= 4 is 0 Å². The van der Waals surface area contributed by atoms with E-state index in [1.165, 1.54) is 33.5 Å². The van der Waals surface area contributed by atoms with Gasteiger partial charge in [0, 0.05) is 170 Å². The molecule has 8 N–H and O–H groups in total. The first-order valence-electron chi connectivity index (χ1n) is 19.4. The lowest BCUT2D eigenvalue weighted by Gasteiger charge is -2.01. The zero-order chi connectivity index (χ0) is 40.9. The molecule has 0 unspecified atom stereocenters. The van der Waals surface area contributed by atoms with Crippen LogP contribution in [-0.4, -0.2) is 58.4 Å². The van der Waals surface area contributed by atoms with Crippen molar-refractivity contribution in [3.8, 4) is 45.0 Å². The van der Waals surface area contributed by atoms with Gasteiger partial charge in [0.05, 0.1) is 5.69 Å². The van der Waals surface area contributed by atoms with E-state index in [1.807, 2.05) is 259 Å². The summed E-state index contributed by atoms with van der Waals surface area (Å²) < 4.78 is 8.08. The maximum atomic E-state index is 3.12. The molecular formula is C48H48N12. The summed E-state index contributed by atoms with van der Waals surface area (Å²) in [6.45, 7) is 0. The lowest BCUT2D eigenvalue weighted by molar-refractivity contribution is 0.668. The molecule has 0 aliphatic heterocycles. The summed E-state index contributed by atoms with van der Waals surface area (Å²) in [6, 6.07) is 36.3. The molecule has 300 valence electrons. The van der Waals surface area contributed by atoms with Crippen LogP contribution in [0.15, 0.2) is 246 Å². The Morgan fingerprint density at radius 1 is 0.283 bits per heavy atom. The van der Waals surface area contributed by atoms with Crippen LogP contribution in [0.2, 0.25) is 0 Å². The van der Waals surface area contributed by atoms with E-state index in [-0.39, 0.29) is 0 Å². The number of rotatable bonds is 6. The first-order valence-corrected chi connectivity index (χ1v) is 19.4. The molecule has 12 rings (SSSR count). The smallest absolute Gasteiger partial charge is 0.113 e. The van der Waals surface area contributed by atoms with Crippen molar-refractivity contribution in [3.05, 3.63) is 246 Å². The number of aromatic nitrogens is 12. The van der Waals surface area contributed by atoms with E-state index in [2.05, 4.69) is 44.4 Å². The summed E-state index contributed by atoms with van der Waals surface area (Å²) in [5.74, 6) is 1.10. The van der Waals surface area contributed by atoms with Gasteiger partial charge in [-0.3, -0.25) is 9.35 Å². The second kappa shape index (κ2) is 21.6. The standard InChI is InChI=1S/6C8H8N2/c2*1-3-9-5-7(1)8-2-4-10-6-8;1-2-7-10(6-1)8-4-3-5-9-8;1-2-6-10(5-1)8-3-4-9-7-8;1-2-6-9(5-1)10-7-3-4-8-10;1-2-8(10-4-1)7-3-5-9-6-7/h2*1-6,9-10H;2*1-7,9H;1-8H;1-6,9-10H. The third-order valence-corrected chi connectivity index (χ3v) is 8.96. The summed E-state index contributed by atoms with van der Waals surface area (Å²) in [5, 5.41) is 0. The Labute approximate surface area is 347 Å². The predicted molar refractivity (Wildman–Crippen MR) is 242 cm³/mol. The minimum absolute atomic E-state index is 1.10. The molecule has 12 nitrogen and oxygen atoms in total. The van der Waals surface area contributed by atoms with E-state index in [1.54, 1.807) is 0 Å². The second-order valence-electron chi connectivity index (χ2n) is 13.0. The van der Waals surface area contributed by atoms with Crippen molar-refractivity contribution < 1.29 is 0 Å². The van der Waals surface area contributed by atoms with Crippen molar-refractivity contribution in [2.75, 3.05) is 0 Å². The van der Waals surface area contributed by atoms with Crippen LogP contribution in [-0.2, 0) is 0 Å². The van der Waals surface area contributed by atoms with Crippen LogP contribution in [0.25, 0.3) is 45.0 Å². The Balaban J connectivity index is 0.000000109. The third-order valence-electron chi connectivity index (χ3n) is 8.96. The monoisotopic (exact) mass is 792 g/mol. The topological polar surface area (TPSA) is 146 Å². The predicted octanol–water partition coefficient (Wildman–Crippen LogP) is 11.2. The second-order valence-corrected chi connectivity index (χ2v) is 13.0. The van der Waals surface area contributed by atoms with Crippen molar-refractivity contribution in [1.29, 1.82) is 0 Å². The molecular weight excluding hydrogens is 745 g/mol. The molecule has 0 spiro atoms. The van der Waals surface area contributed by atoms with Crippen LogP contribution in [0.5, 0.6) is 0 Å². The number of H-pyrrole nitrogens is 8. The van der Waals surface area contributed by atoms with Gasteiger partial charge in [0.1, 0.15) is 5.82 Å². The fourth-order valence-electron chi connectivity index (χ4n) is 5.93. The quantitative estimate of drug-likeness (QED) is 0.0810. The van der Waals surface area contributed by atoms with Gasteiger partial charge in [0.25, 0.3) is 0 Å². The molecule has 0 amide bonds. The molecule has 12 heteroatoms. The molecule has 0 aliphatic carbocycles. The third kappa shape index (κ3) is 11.7. The molecule has 12 aromatic heterocycles. The van der Waals surface area contributed by atoms with E-state index in [4.69, 9.17) is 0 Å². The molecule has 0 aliphatic rings. The van der Waals surface area contributed by atoms with Crippen molar-refractivity contribution in [1.82, 2.24) is 58.4 Å². The van der Waals surface area contributed by atoms with Gasteiger partial charge in [0.2, 0.25) is 0 Å². The van der Waals surface area contributed by atoms with Crippen LogP contribution >= 0.6 is 0 Å². The zero-order valence-electron chi connectivity index (χ0n) is 32.9. The van der Waals surface area contributed by atoms with Gasteiger partial charge < -0.3 is 49.0 Å². The normalized spacial score (nSPS) is 10.0. The maximum absolute atomic E-state index is 3.12. The number of nitrogens with one attached hydrogen (secondary N) is 8. The van der Waals surface area contributed by atoms with Gasteiger partial charge in [0.15, 0.2) is 0 Å². The SMILES string of the molecule is c1c[nH]c(-c2cc[nH]c2)c1.c1c[nH]c(-n2cccc2)c1.c1cc(-c2cc[nH]c2)c[nH]1.c1cc(-c2cc[nH]c2)c[nH]1.c1ccn(-c2cc[nH]c2)c1.c1ccn(-n2cccc2)c1.